The number of rotatable bonds is 6. The fraction of sp³-hybridized carbons (Fsp3) is 0.571. The molecule has 1 aliphatic heterocycles. The molecule has 2 rings (SSSR count). The van der Waals surface area contributed by atoms with Crippen molar-refractivity contribution in [2.75, 3.05) is 19.0 Å². The Labute approximate surface area is 129 Å². The second kappa shape index (κ2) is 7.54. The normalized spacial score (nSPS) is 17.2. The Balaban J connectivity index is 1.76. The van der Waals surface area contributed by atoms with Crippen LogP contribution in [0, 0.1) is 5.92 Å². The van der Waals surface area contributed by atoms with Crippen molar-refractivity contribution in [3.63, 3.8) is 0 Å². The van der Waals surface area contributed by atoms with Crippen LogP contribution in [0.2, 0.25) is 0 Å². The molecule has 0 amide bonds. The highest BCUT2D eigenvalue weighted by Crippen LogP contribution is 2.19. The van der Waals surface area contributed by atoms with Crippen molar-refractivity contribution in [2.24, 2.45) is 5.92 Å². The van der Waals surface area contributed by atoms with Gasteiger partial charge < -0.3 is 4.74 Å². The third-order valence-electron chi connectivity index (χ3n) is 3.55. The van der Waals surface area contributed by atoms with E-state index >= 15 is 0 Å². The van der Waals surface area contributed by atoms with Crippen LogP contribution in [0.3, 0.4) is 0 Å². The molecule has 1 N–H and O–H groups in total. The van der Waals surface area contributed by atoms with Gasteiger partial charge in [0.2, 0.25) is 10.0 Å². The molecule has 0 unspecified atom stereocenters. The predicted octanol–water partition coefficient (Wildman–Crippen LogP) is 2.69. The topological polar surface area (TPSA) is 55.4 Å². The van der Waals surface area contributed by atoms with E-state index < -0.39 is 10.0 Å². The van der Waals surface area contributed by atoms with Crippen LogP contribution in [0.4, 0.5) is 0 Å². The number of hydrogen-bond donors (Lipinski definition) is 1. The summed E-state index contributed by atoms with van der Waals surface area (Å²) in [5.74, 6) is 0.682. The first-order valence-corrected chi connectivity index (χ1v) is 9.29. The average Bonchev–Trinajstić information content (AvgIpc) is 2.46. The van der Waals surface area contributed by atoms with E-state index in [2.05, 4.69) is 20.7 Å². The van der Waals surface area contributed by atoms with Crippen molar-refractivity contribution in [3.8, 4) is 0 Å². The van der Waals surface area contributed by atoms with Gasteiger partial charge >= 0.3 is 0 Å². The summed E-state index contributed by atoms with van der Waals surface area (Å²) in [5, 5.41) is 0. The van der Waals surface area contributed by atoms with E-state index in [1.54, 1.807) is 0 Å². The van der Waals surface area contributed by atoms with Gasteiger partial charge in [-0.15, -0.1) is 0 Å². The Morgan fingerprint density at radius 2 is 1.85 bits per heavy atom. The minimum absolute atomic E-state index is 0.203. The minimum Gasteiger partial charge on any atom is -0.381 e. The van der Waals surface area contributed by atoms with Crippen LogP contribution in [0.25, 0.3) is 0 Å². The molecule has 1 aromatic rings. The summed E-state index contributed by atoms with van der Waals surface area (Å²) in [6.45, 7) is 1.87. The molecule has 1 aliphatic rings. The molecule has 20 heavy (non-hydrogen) atoms. The van der Waals surface area contributed by atoms with Crippen LogP contribution in [0.15, 0.2) is 28.7 Å². The third-order valence-corrected chi connectivity index (χ3v) is 5.43. The molecule has 0 radical (unpaired) electrons. The molecule has 1 saturated heterocycles. The van der Waals surface area contributed by atoms with Gasteiger partial charge in [-0.1, -0.05) is 28.1 Å². The molecule has 6 heteroatoms. The zero-order valence-corrected chi connectivity index (χ0v) is 13.7. The zero-order chi connectivity index (χ0) is 14.4. The first-order chi connectivity index (χ1) is 9.55. The highest BCUT2D eigenvalue weighted by molar-refractivity contribution is 9.10. The van der Waals surface area contributed by atoms with Gasteiger partial charge in [0.1, 0.15) is 0 Å². The van der Waals surface area contributed by atoms with Crippen LogP contribution in [0.1, 0.15) is 24.8 Å². The lowest BCUT2D eigenvalue weighted by Crippen LogP contribution is -2.28. The van der Waals surface area contributed by atoms with Gasteiger partial charge in [-0.25, -0.2) is 13.1 Å². The largest absolute Gasteiger partial charge is 0.381 e. The SMILES string of the molecule is O=S(=O)(CCC1CCOCC1)NCc1ccc(Br)cc1. The van der Waals surface area contributed by atoms with Crippen molar-refractivity contribution < 1.29 is 13.2 Å². The summed E-state index contributed by atoms with van der Waals surface area (Å²) in [5.41, 5.74) is 0.961. The second-order valence-electron chi connectivity index (χ2n) is 5.11. The summed E-state index contributed by atoms with van der Waals surface area (Å²) in [6, 6.07) is 7.63. The Morgan fingerprint density at radius 1 is 1.20 bits per heavy atom. The van der Waals surface area contributed by atoms with Gasteiger partial charge in [-0.05, 0) is 42.9 Å². The predicted molar refractivity (Wildman–Crippen MR) is 82.9 cm³/mol. The van der Waals surface area contributed by atoms with Gasteiger partial charge in [0.05, 0.1) is 5.75 Å². The van der Waals surface area contributed by atoms with Crippen molar-refractivity contribution in [3.05, 3.63) is 34.3 Å². The van der Waals surface area contributed by atoms with Gasteiger partial charge in [0, 0.05) is 24.2 Å². The molecule has 0 atom stereocenters. The quantitative estimate of drug-likeness (QED) is 0.847. The maximum absolute atomic E-state index is 12.0. The zero-order valence-electron chi connectivity index (χ0n) is 11.3. The van der Waals surface area contributed by atoms with E-state index in [4.69, 9.17) is 4.74 Å². The molecular formula is C14H20BrNO3S. The Hall–Kier alpha value is -0.430. The highest BCUT2D eigenvalue weighted by Gasteiger charge is 2.17. The fourth-order valence-corrected chi connectivity index (χ4v) is 3.66. The lowest BCUT2D eigenvalue weighted by Gasteiger charge is -2.21. The van der Waals surface area contributed by atoms with Crippen LogP contribution < -0.4 is 4.72 Å². The van der Waals surface area contributed by atoms with E-state index in [1.165, 1.54) is 0 Å². The van der Waals surface area contributed by atoms with Crippen molar-refractivity contribution in [1.82, 2.24) is 4.72 Å². The number of halogens is 1. The van der Waals surface area contributed by atoms with E-state index in [1.807, 2.05) is 24.3 Å². The monoisotopic (exact) mass is 361 g/mol. The van der Waals surface area contributed by atoms with E-state index in [9.17, 15) is 8.42 Å². The Bertz CT molecular complexity index is 510. The van der Waals surface area contributed by atoms with E-state index in [-0.39, 0.29) is 5.75 Å². The van der Waals surface area contributed by atoms with Gasteiger partial charge in [0.25, 0.3) is 0 Å². The molecule has 1 aromatic carbocycles. The average molecular weight is 362 g/mol. The number of sulfonamides is 1. The molecule has 0 saturated carbocycles. The molecule has 4 nitrogen and oxygen atoms in total. The molecule has 112 valence electrons. The van der Waals surface area contributed by atoms with E-state index in [0.29, 0.717) is 12.5 Å². The Kier molecular flexibility index (Phi) is 6.01. The summed E-state index contributed by atoms with van der Waals surface area (Å²) >= 11 is 3.36. The third kappa shape index (κ3) is 5.52. The van der Waals surface area contributed by atoms with Crippen molar-refractivity contribution in [2.45, 2.75) is 25.8 Å². The number of benzene rings is 1. The van der Waals surface area contributed by atoms with E-state index in [0.717, 1.165) is 42.5 Å². The Morgan fingerprint density at radius 3 is 2.50 bits per heavy atom. The standard InChI is InChI=1S/C14H20BrNO3S/c15-14-3-1-13(2-4-14)11-16-20(17,18)10-7-12-5-8-19-9-6-12/h1-4,12,16H,5-11H2. The number of nitrogens with one attached hydrogen (secondary N) is 1. The molecule has 0 bridgehead atoms. The van der Waals surface area contributed by atoms with Crippen LogP contribution in [-0.4, -0.2) is 27.4 Å². The second-order valence-corrected chi connectivity index (χ2v) is 7.95. The maximum Gasteiger partial charge on any atom is 0.211 e. The molecule has 0 aromatic heterocycles. The van der Waals surface area contributed by atoms with Crippen molar-refractivity contribution >= 4 is 26.0 Å². The highest BCUT2D eigenvalue weighted by atomic mass is 79.9. The van der Waals surface area contributed by atoms with Crippen molar-refractivity contribution in [1.29, 1.82) is 0 Å². The van der Waals surface area contributed by atoms with Crippen LogP contribution in [-0.2, 0) is 21.3 Å². The fourth-order valence-electron chi connectivity index (χ4n) is 2.22. The molecule has 0 aliphatic carbocycles. The first-order valence-electron chi connectivity index (χ1n) is 6.85. The summed E-state index contributed by atoms with van der Waals surface area (Å²) in [4.78, 5) is 0. The maximum atomic E-state index is 12.0. The lowest BCUT2D eigenvalue weighted by molar-refractivity contribution is 0.0655. The smallest absolute Gasteiger partial charge is 0.211 e. The summed E-state index contributed by atoms with van der Waals surface area (Å²) in [6.07, 6.45) is 2.67. The minimum atomic E-state index is -3.19. The van der Waals surface area contributed by atoms with Gasteiger partial charge in [-0.3, -0.25) is 0 Å². The number of ether oxygens (including phenoxy) is 1. The summed E-state index contributed by atoms with van der Waals surface area (Å²) in [7, 11) is -3.19. The molecule has 1 heterocycles. The van der Waals surface area contributed by atoms with Gasteiger partial charge in [0.15, 0.2) is 0 Å². The number of hydrogen-bond acceptors (Lipinski definition) is 3. The first kappa shape index (κ1) is 15.9. The van der Waals surface area contributed by atoms with Gasteiger partial charge in [-0.2, -0.15) is 0 Å². The lowest BCUT2D eigenvalue weighted by atomic mass is 9.98. The molecule has 1 fully saturated rings. The van der Waals surface area contributed by atoms with Crippen LogP contribution >= 0.6 is 15.9 Å². The summed E-state index contributed by atoms with van der Waals surface area (Å²) < 4.78 is 32.9. The molecule has 0 spiro atoms. The van der Waals surface area contributed by atoms with Crippen LogP contribution in [0.5, 0.6) is 0 Å². The molecular weight excluding hydrogens is 342 g/mol.